The van der Waals surface area contributed by atoms with Crippen molar-refractivity contribution in [1.29, 1.82) is 0 Å². The first-order valence-corrected chi connectivity index (χ1v) is 9.45. The van der Waals surface area contributed by atoms with Crippen LogP contribution in [0.5, 0.6) is 0 Å². The lowest BCUT2D eigenvalue weighted by Crippen LogP contribution is -2.37. The number of carbonyl (C=O) groups excluding carboxylic acids is 1. The molecule has 2 aromatic rings. The molecule has 1 fully saturated rings. The smallest absolute Gasteiger partial charge is 0.246 e. The predicted molar refractivity (Wildman–Crippen MR) is 111 cm³/mol. The fourth-order valence-corrected chi connectivity index (χ4v) is 3.39. The average molecular weight is 364 g/mol. The number of ether oxygens (including phenoxy) is 1. The highest BCUT2D eigenvalue weighted by atomic mass is 16.5. The van der Waals surface area contributed by atoms with Gasteiger partial charge >= 0.3 is 0 Å². The molecule has 1 aliphatic heterocycles. The highest BCUT2D eigenvalue weighted by Gasteiger charge is 2.16. The summed E-state index contributed by atoms with van der Waals surface area (Å²) in [5.41, 5.74) is 5.84. The summed E-state index contributed by atoms with van der Waals surface area (Å²) < 4.78 is 5.46. The predicted octanol–water partition coefficient (Wildman–Crippen LogP) is 3.81. The Morgan fingerprint density at radius 2 is 1.89 bits per heavy atom. The van der Waals surface area contributed by atoms with Crippen molar-refractivity contribution in [2.24, 2.45) is 0 Å². The minimum Gasteiger partial charge on any atom is -0.378 e. The third kappa shape index (κ3) is 4.98. The lowest BCUT2D eigenvalue weighted by molar-refractivity contribution is -0.125. The molecule has 3 rings (SSSR count). The Balaban J connectivity index is 1.68. The molecule has 2 aromatic carbocycles. The van der Waals surface area contributed by atoms with Crippen molar-refractivity contribution < 1.29 is 9.53 Å². The fraction of sp³-hybridized carbons (Fsp3) is 0.348. The number of hydrogen-bond donors (Lipinski definition) is 0. The molecule has 0 radical (unpaired) electrons. The fourth-order valence-electron chi connectivity index (χ4n) is 3.39. The summed E-state index contributed by atoms with van der Waals surface area (Å²) in [6.07, 6.45) is 3.57. The molecule has 4 nitrogen and oxygen atoms in total. The van der Waals surface area contributed by atoms with Gasteiger partial charge in [0.25, 0.3) is 0 Å². The van der Waals surface area contributed by atoms with Gasteiger partial charge in [-0.15, -0.1) is 0 Å². The summed E-state index contributed by atoms with van der Waals surface area (Å²) in [5, 5.41) is 0. The van der Waals surface area contributed by atoms with Crippen molar-refractivity contribution in [2.75, 3.05) is 38.3 Å². The quantitative estimate of drug-likeness (QED) is 0.757. The zero-order valence-corrected chi connectivity index (χ0v) is 16.4. The van der Waals surface area contributed by atoms with Crippen LogP contribution in [0.25, 0.3) is 6.08 Å². The van der Waals surface area contributed by atoms with E-state index in [-0.39, 0.29) is 5.91 Å². The number of para-hydroxylation sites is 1. The van der Waals surface area contributed by atoms with Crippen molar-refractivity contribution in [3.05, 3.63) is 70.8 Å². The summed E-state index contributed by atoms with van der Waals surface area (Å²) in [6, 6.07) is 14.6. The second-order valence-corrected chi connectivity index (χ2v) is 7.12. The Morgan fingerprint density at radius 1 is 1.15 bits per heavy atom. The van der Waals surface area contributed by atoms with Crippen LogP contribution in [0.3, 0.4) is 0 Å². The lowest BCUT2D eigenvalue weighted by Gasteiger charge is -2.31. The van der Waals surface area contributed by atoms with Crippen LogP contribution in [0.4, 0.5) is 5.69 Å². The standard InChI is InChI=1S/C23H28N2O2/c1-18-8-9-20(19(2)16-18)10-11-23(26)24(3)17-21-6-4-5-7-22(21)25-12-14-27-15-13-25/h4-11,16H,12-15,17H2,1-3H3/b11-10+. The number of morpholine rings is 1. The zero-order chi connectivity index (χ0) is 19.2. The SMILES string of the molecule is Cc1ccc(/C=C/C(=O)N(C)Cc2ccccc2N2CCOCC2)c(C)c1. The molecule has 0 unspecified atom stereocenters. The molecule has 1 heterocycles. The van der Waals surface area contributed by atoms with Gasteiger partial charge in [-0.05, 0) is 42.7 Å². The van der Waals surface area contributed by atoms with Crippen LogP contribution < -0.4 is 4.90 Å². The molecule has 1 saturated heterocycles. The summed E-state index contributed by atoms with van der Waals surface area (Å²) in [7, 11) is 1.85. The van der Waals surface area contributed by atoms with Crippen molar-refractivity contribution in [3.63, 3.8) is 0 Å². The van der Waals surface area contributed by atoms with E-state index in [0.717, 1.165) is 37.4 Å². The van der Waals surface area contributed by atoms with Crippen LogP contribution in [-0.4, -0.2) is 44.2 Å². The third-order valence-corrected chi connectivity index (χ3v) is 4.96. The highest BCUT2D eigenvalue weighted by Crippen LogP contribution is 2.23. The number of benzene rings is 2. The van der Waals surface area contributed by atoms with Crippen LogP contribution in [0.2, 0.25) is 0 Å². The van der Waals surface area contributed by atoms with Crippen LogP contribution >= 0.6 is 0 Å². The Bertz CT molecular complexity index is 823. The first-order chi connectivity index (χ1) is 13.0. The topological polar surface area (TPSA) is 32.8 Å². The minimum atomic E-state index is 0.00626. The summed E-state index contributed by atoms with van der Waals surface area (Å²) in [4.78, 5) is 16.7. The Kier molecular flexibility index (Phi) is 6.30. The van der Waals surface area contributed by atoms with Gasteiger partial charge in [-0.2, -0.15) is 0 Å². The zero-order valence-electron chi connectivity index (χ0n) is 16.4. The molecule has 0 bridgehead atoms. The molecular weight excluding hydrogens is 336 g/mol. The maximum atomic E-state index is 12.6. The van der Waals surface area contributed by atoms with Crippen molar-refractivity contribution in [3.8, 4) is 0 Å². The molecule has 27 heavy (non-hydrogen) atoms. The molecule has 4 heteroatoms. The maximum absolute atomic E-state index is 12.6. The van der Waals surface area contributed by atoms with Gasteiger partial charge in [0.15, 0.2) is 0 Å². The van der Waals surface area contributed by atoms with Crippen LogP contribution in [-0.2, 0) is 16.1 Å². The van der Waals surface area contributed by atoms with E-state index in [9.17, 15) is 4.79 Å². The Hall–Kier alpha value is -2.59. The molecular formula is C23H28N2O2. The van der Waals surface area contributed by atoms with E-state index in [4.69, 9.17) is 4.74 Å². The molecule has 1 amide bonds. The molecule has 0 aliphatic carbocycles. The molecule has 0 spiro atoms. The van der Waals surface area contributed by atoms with E-state index in [1.807, 2.05) is 19.2 Å². The number of nitrogens with zero attached hydrogens (tertiary/aromatic N) is 2. The van der Waals surface area contributed by atoms with Crippen LogP contribution in [0.15, 0.2) is 48.5 Å². The molecule has 0 atom stereocenters. The first kappa shape index (κ1) is 19.2. The van der Waals surface area contributed by atoms with Gasteiger partial charge in [0.1, 0.15) is 0 Å². The molecule has 1 aliphatic rings. The number of hydrogen-bond acceptors (Lipinski definition) is 3. The monoisotopic (exact) mass is 364 g/mol. The normalized spacial score (nSPS) is 14.6. The van der Waals surface area contributed by atoms with Gasteiger partial charge in [-0.3, -0.25) is 4.79 Å². The second-order valence-electron chi connectivity index (χ2n) is 7.12. The number of aryl methyl sites for hydroxylation is 2. The van der Waals surface area contributed by atoms with E-state index in [1.54, 1.807) is 11.0 Å². The molecule has 0 saturated carbocycles. The number of amides is 1. The molecule has 142 valence electrons. The van der Waals surface area contributed by atoms with Gasteiger partial charge in [0.05, 0.1) is 13.2 Å². The van der Waals surface area contributed by atoms with E-state index in [0.29, 0.717) is 6.54 Å². The van der Waals surface area contributed by atoms with E-state index < -0.39 is 0 Å². The van der Waals surface area contributed by atoms with Crippen molar-refractivity contribution in [2.45, 2.75) is 20.4 Å². The van der Waals surface area contributed by atoms with Gasteiger partial charge in [0.2, 0.25) is 5.91 Å². The maximum Gasteiger partial charge on any atom is 0.246 e. The molecule has 0 aromatic heterocycles. The summed E-state index contributed by atoms with van der Waals surface area (Å²) in [5.74, 6) is 0.00626. The summed E-state index contributed by atoms with van der Waals surface area (Å²) >= 11 is 0. The first-order valence-electron chi connectivity index (χ1n) is 9.45. The Labute approximate surface area is 162 Å². The number of rotatable bonds is 5. The van der Waals surface area contributed by atoms with Crippen LogP contribution in [0.1, 0.15) is 22.3 Å². The van der Waals surface area contributed by atoms with E-state index in [2.05, 4.69) is 55.1 Å². The Morgan fingerprint density at radius 3 is 2.63 bits per heavy atom. The third-order valence-electron chi connectivity index (χ3n) is 4.96. The lowest BCUT2D eigenvalue weighted by atomic mass is 10.1. The summed E-state index contributed by atoms with van der Waals surface area (Å²) in [6.45, 7) is 8.01. The minimum absolute atomic E-state index is 0.00626. The second kappa shape index (κ2) is 8.87. The number of carbonyl (C=O) groups is 1. The van der Waals surface area contributed by atoms with Gasteiger partial charge in [0, 0.05) is 38.4 Å². The van der Waals surface area contributed by atoms with Crippen molar-refractivity contribution >= 4 is 17.7 Å². The van der Waals surface area contributed by atoms with Gasteiger partial charge < -0.3 is 14.5 Å². The van der Waals surface area contributed by atoms with E-state index in [1.165, 1.54) is 16.8 Å². The van der Waals surface area contributed by atoms with Crippen LogP contribution in [0, 0.1) is 13.8 Å². The van der Waals surface area contributed by atoms with Gasteiger partial charge in [-0.1, -0.05) is 42.0 Å². The van der Waals surface area contributed by atoms with E-state index >= 15 is 0 Å². The largest absolute Gasteiger partial charge is 0.378 e. The average Bonchev–Trinajstić information content (AvgIpc) is 2.68. The molecule has 0 N–H and O–H groups in total. The van der Waals surface area contributed by atoms with Gasteiger partial charge in [-0.25, -0.2) is 0 Å². The number of likely N-dealkylation sites (N-methyl/N-ethyl adjacent to an activating group) is 1. The number of anilines is 1. The highest BCUT2D eigenvalue weighted by molar-refractivity contribution is 5.91. The van der Waals surface area contributed by atoms with Crippen molar-refractivity contribution in [1.82, 2.24) is 4.90 Å².